The van der Waals surface area contributed by atoms with Crippen LogP contribution in [-0.4, -0.2) is 81.9 Å². The lowest BCUT2D eigenvalue weighted by Gasteiger charge is -2.42. The Hall–Kier alpha value is -2.53. The largest absolute Gasteiger partial charge is 0.491 e. The van der Waals surface area contributed by atoms with E-state index in [2.05, 4.69) is 15.2 Å². The second kappa shape index (κ2) is 9.50. The zero-order valence-corrected chi connectivity index (χ0v) is 18.7. The van der Waals surface area contributed by atoms with Crippen LogP contribution in [0.2, 0.25) is 5.02 Å². The van der Waals surface area contributed by atoms with Gasteiger partial charge in [-0.3, -0.25) is 4.68 Å². The molecule has 0 amide bonds. The first-order valence-electron chi connectivity index (χ1n) is 10.3. The number of alkyl halides is 3. The number of hydrogen-bond acceptors (Lipinski definition) is 9. The van der Waals surface area contributed by atoms with E-state index in [0.717, 1.165) is 40.0 Å². The Morgan fingerprint density at radius 3 is 2.51 bits per heavy atom. The van der Waals surface area contributed by atoms with Gasteiger partial charge in [0, 0.05) is 22.9 Å². The Balaban J connectivity index is 1.83. The minimum Gasteiger partial charge on any atom is -0.423 e. The van der Waals surface area contributed by atoms with E-state index in [9.17, 15) is 38.5 Å². The third-order valence-electron chi connectivity index (χ3n) is 5.60. The van der Waals surface area contributed by atoms with Crippen molar-refractivity contribution in [3.63, 3.8) is 0 Å². The molecule has 3 aromatic rings. The molecule has 0 saturated carbocycles. The lowest BCUT2D eigenvalue weighted by molar-refractivity contribution is -0.210. The van der Waals surface area contributed by atoms with E-state index in [-0.39, 0.29) is 22.1 Å². The Kier molecular flexibility index (Phi) is 6.94. The molecule has 2 unspecified atom stereocenters. The summed E-state index contributed by atoms with van der Waals surface area (Å²) >= 11 is 5.96. The van der Waals surface area contributed by atoms with Crippen LogP contribution in [0.5, 0.6) is 0 Å². The molecule has 0 radical (unpaired) electrons. The first kappa shape index (κ1) is 25.6. The monoisotopic (exact) mass is 517 g/mol. The molecular weight excluding hydrogens is 497 g/mol. The van der Waals surface area contributed by atoms with E-state index in [1.54, 1.807) is 0 Å². The molecule has 11 nitrogen and oxygen atoms in total. The van der Waals surface area contributed by atoms with E-state index >= 15 is 0 Å². The van der Waals surface area contributed by atoms with Crippen LogP contribution in [0.15, 0.2) is 30.6 Å². The highest BCUT2D eigenvalue weighted by Crippen LogP contribution is 2.40. The van der Waals surface area contributed by atoms with Crippen molar-refractivity contribution < 1.29 is 43.3 Å². The van der Waals surface area contributed by atoms with Gasteiger partial charge in [0.05, 0.1) is 17.9 Å². The predicted molar refractivity (Wildman–Crippen MR) is 114 cm³/mol. The fraction of sp³-hybridized carbons (Fsp3) is 0.421. The molecular formula is C19H20BClF3N5O6. The van der Waals surface area contributed by atoms with Crippen LogP contribution < -0.4 is 5.46 Å². The molecule has 2 aromatic heterocycles. The van der Waals surface area contributed by atoms with Crippen LogP contribution in [-0.2, 0) is 10.9 Å². The fourth-order valence-electron chi connectivity index (χ4n) is 3.99. The number of aliphatic hydroxyl groups excluding tert-OH is 3. The number of aryl methyl sites for hydroxylation is 1. The van der Waals surface area contributed by atoms with Crippen molar-refractivity contribution in [2.45, 2.75) is 43.6 Å². The van der Waals surface area contributed by atoms with Crippen molar-refractivity contribution in [3.05, 3.63) is 52.8 Å². The Bertz CT molecular complexity index is 1210. The molecule has 1 aromatic carbocycles. The van der Waals surface area contributed by atoms with Crippen molar-refractivity contribution in [2.75, 3.05) is 6.61 Å². The normalized spacial score (nSPS) is 25.1. The van der Waals surface area contributed by atoms with Gasteiger partial charge in [-0.05, 0) is 25.1 Å². The van der Waals surface area contributed by atoms with Gasteiger partial charge >= 0.3 is 13.3 Å². The summed E-state index contributed by atoms with van der Waals surface area (Å²) in [5.74, 6) is -0.190. The Labute approximate surface area is 201 Å². The molecule has 1 fully saturated rings. The number of hydrogen-bond donors (Lipinski definition) is 5. The van der Waals surface area contributed by atoms with E-state index in [4.69, 9.17) is 16.3 Å². The second-order valence-corrected chi connectivity index (χ2v) is 8.40. The molecule has 1 saturated heterocycles. The van der Waals surface area contributed by atoms with Gasteiger partial charge < -0.3 is 30.1 Å². The minimum absolute atomic E-state index is 0.00891. The third kappa shape index (κ3) is 4.80. The van der Waals surface area contributed by atoms with Crippen molar-refractivity contribution in [3.8, 4) is 5.69 Å². The number of benzene rings is 1. The summed E-state index contributed by atoms with van der Waals surface area (Å²) in [6.45, 7) is 0.709. The quantitative estimate of drug-likeness (QED) is 0.282. The van der Waals surface area contributed by atoms with Crippen molar-refractivity contribution >= 4 is 24.2 Å². The Morgan fingerprint density at radius 1 is 1.20 bits per heavy atom. The maximum atomic E-state index is 13.7. The summed E-state index contributed by atoms with van der Waals surface area (Å²) in [5, 5.41) is 58.3. The fourth-order valence-corrected chi connectivity index (χ4v) is 4.16. The summed E-state index contributed by atoms with van der Waals surface area (Å²) in [6, 6.07) is 1.59. The topological polar surface area (TPSA) is 159 Å². The Morgan fingerprint density at radius 2 is 1.91 bits per heavy atom. The van der Waals surface area contributed by atoms with E-state index in [0.29, 0.717) is 0 Å². The summed E-state index contributed by atoms with van der Waals surface area (Å²) in [5.41, 5.74) is -1.58. The zero-order valence-electron chi connectivity index (χ0n) is 18.0. The predicted octanol–water partition coefficient (Wildman–Crippen LogP) is -0.480. The van der Waals surface area contributed by atoms with Gasteiger partial charge in [-0.2, -0.15) is 23.4 Å². The van der Waals surface area contributed by atoms with Gasteiger partial charge in [0.1, 0.15) is 36.3 Å². The molecule has 5 N–H and O–H groups in total. The number of nitrogens with zero attached hydrogens (tertiary/aromatic N) is 5. The van der Waals surface area contributed by atoms with Gasteiger partial charge in [-0.25, -0.2) is 9.67 Å². The summed E-state index contributed by atoms with van der Waals surface area (Å²) in [7, 11) is -1.88. The van der Waals surface area contributed by atoms with Crippen LogP contribution in [0.3, 0.4) is 0 Å². The van der Waals surface area contributed by atoms with Crippen molar-refractivity contribution in [1.29, 1.82) is 0 Å². The number of rotatable bonds is 5. The molecule has 3 heterocycles. The molecule has 1 aliphatic heterocycles. The molecule has 188 valence electrons. The van der Waals surface area contributed by atoms with E-state index < -0.39 is 61.6 Å². The van der Waals surface area contributed by atoms with Crippen LogP contribution in [0.25, 0.3) is 5.69 Å². The molecule has 35 heavy (non-hydrogen) atoms. The lowest BCUT2D eigenvalue weighted by Crippen LogP contribution is -2.53. The third-order valence-corrected chi connectivity index (χ3v) is 5.84. The summed E-state index contributed by atoms with van der Waals surface area (Å²) in [6.07, 6.45) is -8.48. The van der Waals surface area contributed by atoms with Gasteiger partial charge in [0.15, 0.2) is 5.82 Å². The first-order valence-corrected chi connectivity index (χ1v) is 10.6. The highest BCUT2D eigenvalue weighted by Gasteiger charge is 2.48. The van der Waals surface area contributed by atoms with Gasteiger partial charge in [-0.15, -0.1) is 0 Å². The number of ether oxygens (including phenoxy) is 1. The number of aromatic nitrogens is 5. The first-order chi connectivity index (χ1) is 16.4. The molecule has 0 aliphatic carbocycles. The van der Waals surface area contributed by atoms with E-state index in [1.165, 1.54) is 6.92 Å². The molecule has 5 atom stereocenters. The number of aliphatic hydroxyl groups is 3. The summed E-state index contributed by atoms with van der Waals surface area (Å²) in [4.78, 5) is 4.15. The maximum absolute atomic E-state index is 13.7. The van der Waals surface area contributed by atoms with Crippen LogP contribution >= 0.6 is 11.6 Å². The lowest BCUT2D eigenvalue weighted by atomic mass is 9.83. The molecule has 16 heteroatoms. The molecule has 0 bridgehead atoms. The van der Waals surface area contributed by atoms with E-state index in [1.807, 2.05) is 0 Å². The molecule has 4 rings (SSSR count). The summed E-state index contributed by atoms with van der Waals surface area (Å²) < 4.78 is 48.8. The average molecular weight is 518 g/mol. The average Bonchev–Trinajstić information content (AvgIpc) is 3.40. The highest BCUT2D eigenvalue weighted by atomic mass is 35.5. The smallest absolute Gasteiger partial charge is 0.423 e. The minimum atomic E-state index is -4.77. The van der Waals surface area contributed by atoms with Gasteiger partial charge in [-0.1, -0.05) is 11.6 Å². The van der Waals surface area contributed by atoms with Gasteiger partial charge in [0.2, 0.25) is 0 Å². The maximum Gasteiger partial charge on any atom is 0.491 e. The van der Waals surface area contributed by atoms with Crippen molar-refractivity contribution in [2.24, 2.45) is 0 Å². The highest BCUT2D eigenvalue weighted by molar-refractivity contribution is 6.58. The molecule has 0 spiro atoms. The SMILES string of the molecule is Cc1nc([C@@H]2OC(CO)[C@H](O)[C@H](n3cc(B(O)O)cn3)C2O)n(-c2cc(Cl)ccc2C(F)(F)F)n1. The standard InChI is InChI=1S/C19H20BClF3N5O6/c1-8-26-18(29(27-8)12-4-10(21)2-3-11(12)19(22,23)24)17-16(32)14(15(31)13(7-30)35-17)28-6-9(5-25-28)20(33)34/h2-6,13-17,30-34H,7H2,1H3/t13?,14-,15-,16?,17+/m0/s1. The molecule has 1 aliphatic rings. The second-order valence-electron chi connectivity index (χ2n) is 7.97. The van der Waals surface area contributed by atoms with Crippen LogP contribution in [0.4, 0.5) is 13.2 Å². The van der Waals surface area contributed by atoms with Gasteiger partial charge in [0.25, 0.3) is 0 Å². The van der Waals surface area contributed by atoms with Crippen LogP contribution in [0.1, 0.15) is 29.4 Å². The van der Waals surface area contributed by atoms with Crippen molar-refractivity contribution in [1.82, 2.24) is 24.5 Å². The zero-order chi connectivity index (χ0) is 25.7. The number of halogens is 4. The van der Waals surface area contributed by atoms with Crippen LogP contribution in [0, 0.1) is 6.92 Å².